The van der Waals surface area contributed by atoms with Crippen molar-refractivity contribution >= 4 is 5.91 Å². The molecule has 4 heteroatoms. The lowest BCUT2D eigenvalue weighted by molar-refractivity contribution is -0.120. The molecule has 1 atom stereocenters. The predicted molar refractivity (Wildman–Crippen MR) is 38.4 cm³/mol. The lowest BCUT2D eigenvalue weighted by Crippen LogP contribution is -2.37. The van der Waals surface area contributed by atoms with Gasteiger partial charge in [0.1, 0.15) is 0 Å². The molecular formula is C6H14N2O2. The van der Waals surface area contributed by atoms with Crippen molar-refractivity contribution < 1.29 is 9.90 Å². The normalized spacial score (nSPS) is 12.7. The summed E-state index contributed by atoms with van der Waals surface area (Å²) in [5.74, 6) is -0.180. The number of aliphatic hydroxyl groups excluding tert-OH is 1. The third-order valence-corrected chi connectivity index (χ3v) is 1.15. The number of nitrogens with two attached hydrogens (primary N) is 1. The largest absolute Gasteiger partial charge is 0.396 e. The number of rotatable bonds is 4. The molecule has 0 saturated heterocycles. The predicted octanol–water partition coefficient (Wildman–Crippen LogP) is -1.17. The summed E-state index contributed by atoms with van der Waals surface area (Å²) in [5.41, 5.74) is 5.04. The van der Waals surface area contributed by atoms with E-state index in [0.29, 0.717) is 6.42 Å². The van der Waals surface area contributed by atoms with E-state index in [1.807, 2.05) is 6.92 Å². The monoisotopic (exact) mass is 146 g/mol. The second kappa shape index (κ2) is 5.20. The van der Waals surface area contributed by atoms with E-state index in [1.54, 1.807) is 0 Å². The fourth-order valence-corrected chi connectivity index (χ4v) is 0.600. The van der Waals surface area contributed by atoms with Gasteiger partial charge < -0.3 is 16.2 Å². The van der Waals surface area contributed by atoms with Gasteiger partial charge in [0.2, 0.25) is 5.91 Å². The number of aliphatic hydroxyl groups is 1. The Morgan fingerprint density at radius 3 is 2.80 bits per heavy atom. The van der Waals surface area contributed by atoms with Crippen LogP contribution in [0.1, 0.15) is 13.3 Å². The molecular weight excluding hydrogens is 132 g/mol. The third kappa shape index (κ3) is 4.29. The van der Waals surface area contributed by atoms with Gasteiger partial charge in [-0.3, -0.25) is 4.79 Å². The van der Waals surface area contributed by atoms with E-state index in [9.17, 15) is 4.79 Å². The highest BCUT2D eigenvalue weighted by Crippen LogP contribution is 1.86. The van der Waals surface area contributed by atoms with Crippen LogP contribution in [0.5, 0.6) is 0 Å². The van der Waals surface area contributed by atoms with Gasteiger partial charge in [-0.1, -0.05) is 0 Å². The van der Waals surface area contributed by atoms with Crippen molar-refractivity contribution in [1.82, 2.24) is 5.32 Å². The van der Waals surface area contributed by atoms with Crippen molar-refractivity contribution in [3.05, 3.63) is 0 Å². The minimum Gasteiger partial charge on any atom is -0.396 e. The van der Waals surface area contributed by atoms with Gasteiger partial charge in [0.15, 0.2) is 0 Å². The Hall–Kier alpha value is -0.610. The summed E-state index contributed by atoms with van der Waals surface area (Å²) in [7, 11) is 0. The summed E-state index contributed by atoms with van der Waals surface area (Å²) in [6.07, 6.45) is 0.575. The maximum absolute atomic E-state index is 10.6. The van der Waals surface area contributed by atoms with E-state index in [2.05, 4.69) is 5.32 Å². The number of carbonyl (C=O) groups is 1. The summed E-state index contributed by atoms with van der Waals surface area (Å²) >= 11 is 0. The number of nitrogens with one attached hydrogen (secondary N) is 1. The van der Waals surface area contributed by atoms with Gasteiger partial charge in [-0.15, -0.1) is 0 Å². The summed E-state index contributed by atoms with van der Waals surface area (Å²) in [6, 6.07) is 0.0149. The maximum Gasteiger partial charge on any atom is 0.233 e. The van der Waals surface area contributed by atoms with Gasteiger partial charge in [-0.25, -0.2) is 0 Å². The molecule has 0 rings (SSSR count). The van der Waals surface area contributed by atoms with Crippen LogP contribution in [-0.2, 0) is 4.79 Å². The van der Waals surface area contributed by atoms with Gasteiger partial charge in [0.05, 0.1) is 6.54 Å². The Labute approximate surface area is 60.4 Å². The highest BCUT2D eigenvalue weighted by Gasteiger charge is 2.02. The average Bonchev–Trinajstić information content (AvgIpc) is 1.88. The highest BCUT2D eigenvalue weighted by atomic mass is 16.3. The molecule has 0 spiro atoms. The molecule has 0 aliphatic rings. The molecule has 0 aliphatic heterocycles. The van der Waals surface area contributed by atoms with Crippen LogP contribution in [0.3, 0.4) is 0 Å². The average molecular weight is 146 g/mol. The van der Waals surface area contributed by atoms with Crippen LogP contribution >= 0.6 is 0 Å². The molecule has 0 aliphatic carbocycles. The molecule has 0 aromatic heterocycles. The van der Waals surface area contributed by atoms with E-state index >= 15 is 0 Å². The van der Waals surface area contributed by atoms with Crippen molar-refractivity contribution in [2.24, 2.45) is 5.73 Å². The zero-order valence-corrected chi connectivity index (χ0v) is 6.13. The molecule has 60 valence electrons. The number of hydrogen-bond donors (Lipinski definition) is 3. The van der Waals surface area contributed by atoms with Crippen LogP contribution in [0, 0.1) is 0 Å². The van der Waals surface area contributed by atoms with Crippen LogP contribution in [0.4, 0.5) is 0 Å². The summed E-state index contributed by atoms with van der Waals surface area (Å²) in [4.78, 5) is 10.6. The molecule has 10 heavy (non-hydrogen) atoms. The van der Waals surface area contributed by atoms with E-state index in [-0.39, 0.29) is 25.1 Å². The Balaban J connectivity index is 3.37. The Kier molecular flexibility index (Phi) is 4.88. The van der Waals surface area contributed by atoms with Crippen LogP contribution in [-0.4, -0.2) is 30.2 Å². The molecule has 0 aromatic carbocycles. The Bertz CT molecular complexity index is 106. The summed E-state index contributed by atoms with van der Waals surface area (Å²) in [6.45, 7) is 1.92. The molecule has 0 bridgehead atoms. The van der Waals surface area contributed by atoms with Crippen molar-refractivity contribution in [2.45, 2.75) is 19.4 Å². The maximum atomic E-state index is 10.6. The molecule has 1 amide bonds. The van der Waals surface area contributed by atoms with Gasteiger partial charge in [-0.05, 0) is 13.3 Å². The zero-order chi connectivity index (χ0) is 7.98. The van der Waals surface area contributed by atoms with E-state index in [0.717, 1.165) is 0 Å². The van der Waals surface area contributed by atoms with Crippen LogP contribution in [0.2, 0.25) is 0 Å². The molecule has 0 heterocycles. The number of hydrogen-bond acceptors (Lipinski definition) is 3. The molecule has 0 saturated carbocycles. The van der Waals surface area contributed by atoms with Crippen molar-refractivity contribution in [1.29, 1.82) is 0 Å². The molecule has 0 fully saturated rings. The molecule has 0 aromatic rings. The van der Waals surface area contributed by atoms with Crippen LogP contribution < -0.4 is 11.1 Å². The minimum absolute atomic E-state index is 0.00969. The van der Waals surface area contributed by atoms with E-state index < -0.39 is 0 Å². The lowest BCUT2D eigenvalue weighted by atomic mass is 10.2. The van der Waals surface area contributed by atoms with Gasteiger partial charge in [-0.2, -0.15) is 0 Å². The van der Waals surface area contributed by atoms with Crippen molar-refractivity contribution in [3.63, 3.8) is 0 Å². The van der Waals surface area contributed by atoms with E-state index in [4.69, 9.17) is 10.8 Å². The highest BCUT2D eigenvalue weighted by molar-refractivity contribution is 5.77. The summed E-state index contributed by atoms with van der Waals surface area (Å²) in [5, 5.41) is 11.0. The van der Waals surface area contributed by atoms with Gasteiger partial charge in [0, 0.05) is 12.6 Å². The first kappa shape index (κ1) is 9.39. The molecule has 0 radical (unpaired) electrons. The van der Waals surface area contributed by atoms with Crippen molar-refractivity contribution in [2.75, 3.05) is 13.2 Å². The van der Waals surface area contributed by atoms with Crippen molar-refractivity contribution in [3.8, 4) is 0 Å². The Morgan fingerprint density at radius 2 is 2.40 bits per heavy atom. The second-order valence-corrected chi connectivity index (χ2v) is 2.18. The topological polar surface area (TPSA) is 75.3 Å². The quantitative estimate of drug-likeness (QED) is 0.468. The molecule has 1 unspecified atom stereocenters. The lowest BCUT2D eigenvalue weighted by Gasteiger charge is -2.10. The fourth-order valence-electron chi connectivity index (χ4n) is 0.600. The third-order valence-electron chi connectivity index (χ3n) is 1.15. The second-order valence-electron chi connectivity index (χ2n) is 2.18. The fraction of sp³-hybridized carbons (Fsp3) is 0.833. The first-order valence-electron chi connectivity index (χ1n) is 3.31. The van der Waals surface area contributed by atoms with Crippen LogP contribution in [0.15, 0.2) is 0 Å². The number of amides is 1. The van der Waals surface area contributed by atoms with E-state index in [1.165, 1.54) is 0 Å². The first-order valence-corrected chi connectivity index (χ1v) is 3.31. The van der Waals surface area contributed by atoms with Gasteiger partial charge >= 0.3 is 0 Å². The smallest absolute Gasteiger partial charge is 0.233 e. The summed E-state index contributed by atoms with van der Waals surface area (Å²) < 4.78 is 0. The standard InChI is InChI=1S/C6H14N2O2/c1-5(2-3-9)8-6(10)4-7/h5,9H,2-4,7H2,1H3,(H,8,10). The zero-order valence-electron chi connectivity index (χ0n) is 6.13. The van der Waals surface area contributed by atoms with Gasteiger partial charge in [0.25, 0.3) is 0 Å². The SMILES string of the molecule is CC(CCO)NC(=O)CN. The molecule has 4 nitrogen and oxygen atoms in total. The number of carbonyl (C=O) groups excluding carboxylic acids is 1. The minimum atomic E-state index is -0.180. The Morgan fingerprint density at radius 1 is 1.80 bits per heavy atom. The molecule has 4 N–H and O–H groups in total. The van der Waals surface area contributed by atoms with Crippen LogP contribution in [0.25, 0.3) is 0 Å². The first-order chi connectivity index (χ1) is 4.70.